The van der Waals surface area contributed by atoms with Crippen molar-refractivity contribution in [2.24, 2.45) is 0 Å². The van der Waals surface area contributed by atoms with Crippen LogP contribution in [0.5, 0.6) is 0 Å². The molecular weight excluding hydrogens is 344 g/mol. The van der Waals surface area contributed by atoms with Crippen LogP contribution in [0.3, 0.4) is 0 Å². The summed E-state index contributed by atoms with van der Waals surface area (Å²) < 4.78 is 0. The summed E-state index contributed by atoms with van der Waals surface area (Å²) in [4.78, 5) is 18.1. The van der Waals surface area contributed by atoms with Crippen LogP contribution in [0, 0.1) is 0 Å². The lowest BCUT2D eigenvalue weighted by Gasteiger charge is -2.24. The van der Waals surface area contributed by atoms with Crippen LogP contribution in [-0.4, -0.2) is 22.3 Å². The number of hydrogen-bond acceptors (Lipinski definition) is 1. The molecule has 3 aromatic rings. The predicted octanol–water partition coefficient (Wildman–Crippen LogP) is 5.84. The van der Waals surface area contributed by atoms with Crippen molar-refractivity contribution in [2.75, 3.05) is 6.54 Å². The number of nitrogens with zero attached hydrogens (tertiary/aromatic N) is 1. The Bertz CT molecular complexity index is 916. The Morgan fingerprint density at radius 2 is 1.75 bits per heavy atom. The SMILES string of the molecule is CCCC(=O)N(CCc1c[nH]c2ccccc12)Cc1ccc(C(C)(C)C)cc1. The van der Waals surface area contributed by atoms with Gasteiger partial charge in [-0.25, -0.2) is 0 Å². The van der Waals surface area contributed by atoms with E-state index in [-0.39, 0.29) is 11.3 Å². The number of carbonyl (C=O) groups excluding carboxylic acids is 1. The molecule has 0 aliphatic carbocycles. The Kier molecular flexibility index (Phi) is 6.23. The Morgan fingerprint density at radius 3 is 2.43 bits per heavy atom. The first kappa shape index (κ1) is 20.2. The zero-order chi connectivity index (χ0) is 20.1. The average molecular weight is 377 g/mol. The fourth-order valence-electron chi connectivity index (χ4n) is 3.59. The van der Waals surface area contributed by atoms with E-state index in [1.54, 1.807) is 0 Å². The number of benzene rings is 2. The maximum absolute atomic E-state index is 12.7. The third-order valence-electron chi connectivity index (χ3n) is 5.34. The Labute approximate surface area is 168 Å². The molecule has 2 aromatic carbocycles. The van der Waals surface area contributed by atoms with E-state index in [1.165, 1.54) is 22.1 Å². The molecule has 0 atom stereocenters. The molecular formula is C25H32N2O. The quantitative estimate of drug-likeness (QED) is 0.553. The summed E-state index contributed by atoms with van der Waals surface area (Å²) in [7, 11) is 0. The van der Waals surface area contributed by atoms with Crippen LogP contribution in [-0.2, 0) is 23.2 Å². The van der Waals surface area contributed by atoms with E-state index in [2.05, 4.69) is 81.3 Å². The molecule has 0 saturated heterocycles. The molecule has 0 bridgehead atoms. The molecule has 0 radical (unpaired) electrons. The van der Waals surface area contributed by atoms with Gasteiger partial charge in [-0.05, 0) is 41.0 Å². The van der Waals surface area contributed by atoms with Crippen molar-refractivity contribution in [3.05, 3.63) is 71.4 Å². The fraction of sp³-hybridized carbons (Fsp3) is 0.400. The number of H-pyrrole nitrogens is 1. The molecule has 3 nitrogen and oxygen atoms in total. The molecule has 0 fully saturated rings. The van der Waals surface area contributed by atoms with Crippen LogP contribution >= 0.6 is 0 Å². The fourth-order valence-corrected chi connectivity index (χ4v) is 3.59. The van der Waals surface area contributed by atoms with E-state index < -0.39 is 0 Å². The predicted molar refractivity (Wildman–Crippen MR) is 117 cm³/mol. The van der Waals surface area contributed by atoms with Crippen molar-refractivity contribution in [1.82, 2.24) is 9.88 Å². The second-order valence-corrected chi connectivity index (χ2v) is 8.62. The van der Waals surface area contributed by atoms with Gasteiger partial charge in [0.2, 0.25) is 5.91 Å². The smallest absolute Gasteiger partial charge is 0.222 e. The first-order chi connectivity index (χ1) is 13.4. The molecule has 0 saturated carbocycles. The van der Waals surface area contributed by atoms with Gasteiger partial charge in [-0.15, -0.1) is 0 Å². The maximum atomic E-state index is 12.7. The van der Waals surface area contributed by atoms with E-state index in [4.69, 9.17) is 0 Å². The number of fused-ring (bicyclic) bond motifs is 1. The minimum atomic E-state index is 0.144. The summed E-state index contributed by atoms with van der Waals surface area (Å²) in [6.45, 7) is 10.1. The Balaban J connectivity index is 1.73. The maximum Gasteiger partial charge on any atom is 0.222 e. The highest BCUT2D eigenvalue weighted by molar-refractivity contribution is 5.83. The molecule has 0 unspecified atom stereocenters. The van der Waals surface area contributed by atoms with Crippen molar-refractivity contribution in [1.29, 1.82) is 0 Å². The molecule has 1 aromatic heterocycles. The summed E-state index contributed by atoms with van der Waals surface area (Å²) >= 11 is 0. The molecule has 3 heteroatoms. The molecule has 148 valence electrons. The zero-order valence-corrected chi connectivity index (χ0v) is 17.6. The topological polar surface area (TPSA) is 36.1 Å². The van der Waals surface area contributed by atoms with Gasteiger partial charge in [0.05, 0.1) is 0 Å². The van der Waals surface area contributed by atoms with Crippen LogP contribution in [0.1, 0.15) is 57.2 Å². The third-order valence-corrected chi connectivity index (χ3v) is 5.34. The second-order valence-electron chi connectivity index (χ2n) is 8.62. The first-order valence-electron chi connectivity index (χ1n) is 10.3. The summed E-state index contributed by atoms with van der Waals surface area (Å²) in [5.41, 5.74) is 5.08. The zero-order valence-electron chi connectivity index (χ0n) is 17.6. The Morgan fingerprint density at radius 1 is 1.04 bits per heavy atom. The van der Waals surface area contributed by atoms with Crippen LogP contribution in [0.25, 0.3) is 10.9 Å². The number of aromatic nitrogens is 1. The van der Waals surface area contributed by atoms with Crippen molar-refractivity contribution < 1.29 is 4.79 Å². The largest absolute Gasteiger partial charge is 0.361 e. The molecule has 3 rings (SSSR count). The summed E-state index contributed by atoms with van der Waals surface area (Å²) in [5.74, 6) is 0.238. The summed E-state index contributed by atoms with van der Waals surface area (Å²) in [6.07, 6.45) is 4.42. The van der Waals surface area contributed by atoms with E-state index >= 15 is 0 Å². The van der Waals surface area contributed by atoms with Crippen molar-refractivity contribution in [2.45, 2.75) is 58.9 Å². The van der Waals surface area contributed by atoms with Crippen LogP contribution < -0.4 is 0 Å². The average Bonchev–Trinajstić information content (AvgIpc) is 3.08. The third kappa shape index (κ3) is 4.83. The highest BCUT2D eigenvalue weighted by Crippen LogP contribution is 2.23. The van der Waals surface area contributed by atoms with E-state index in [0.29, 0.717) is 13.0 Å². The van der Waals surface area contributed by atoms with Gasteiger partial charge in [-0.2, -0.15) is 0 Å². The lowest BCUT2D eigenvalue weighted by Crippen LogP contribution is -2.32. The molecule has 1 amide bonds. The molecule has 0 spiro atoms. The standard InChI is InChI=1S/C25H32N2O/c1-5-8-24(28)27(18-19-11-13-21(14-12-19)25(2,3)4)16-15-20-17-26-23-10-7-6-9-22(20)23/h6-7,9-14,17,26H,5,8,15-16,18H2,1-4H3. The number of aromatic amines is 1. The van der Waals surface area contributed by atoms with Crippen molar-refractivity contribution >= 4 is 16.8 Å². The molecule has 28 heavy (non-hydrogen) atoms. The van der Waals surface area contributed by atoms with Gasteiger partial charge in [0.1, 0.15) is 0 Å². The van der Waals surface area contributed by atoms with E-state index in [0.717, 1.165) is 24.9 Å². The van der Waals surface area contributed by atoms with Crippen LogP contribution in [0.15, 0.2) is 54.7 Å². The summed E-state index contributed by atoms with van der Waals surface area (Å²) in [5, 5.41) is 1.25. The van der Waals surface area contributed by atoms with Gasteiger partial charge < -0.3 is 9.88 Å². The van der Waals surface area contributed by atoms with Crippen molar-refractivity contribution in [3.63, 3.8) is 0 Å². The second kappa shape index (κ2) is 8.64. The lowest BCUT2D eigenvalue weighted by molar-refractivity contribution is -0.131. The number of rotatable bonds is 7. The van der Waals surface area contributed by atoms with Crippen LogP contribution in [0.4, 0.5) is 0 Å². The van der Waals surface area contributed by atoms with Gasteiger partial charge in [0, 0.05) is 36.6 Å². The van der Waals surface area contributed by atoms with Gasteiger partial charge in [-0.3, -0.25) is 4.79 Å². The first-order valence-corrected chi connectivity index (χ1v) is 10.3. The normalized spacial score (nSPS) is 11.7. The molecule has 0 aliphatic rings. The number of hydrogen-bond donors (Lipinski definition) is 1. The number of amides is 1. The monoisotopic (exact) mass is 376 g/mol. The van der Waals surface area contributed by atoms with Gasteiger partial charge in [0.15, 0.2) is 0 Å². The number of carbonyl (C=O) groups is 1. The van der Waals surface area contributed by atoms with Gasteiger partial charge in [-0.1, -0.05) is 70.2 Å². The summed E-state index contributed by atoms with van der Waals surface area (Å²) in [6, 6.07) is 17.1. The number of para-hydroxylation sites is 1. The molecule has 1 heterocycles. The van der Waals surface area contributed by atoms with Gasteiger partial charge in [0.25, 0.3) is 0 Å². The highest BCUT2D eigenvalue weighted by atomic mass is 16.2. The van der Waals surface area contributed by atoms with Gasteiger partial charge >= 0.3 is 0 Å². The highest BCUT2D eigenvalue weighted by Gasteiger charge is 2.16. The molecule has 1 N–H and O–H groups in total. The number of nitrogens with one attached hydrogen (secondary N) is 1. The van der Waals surface area contributed by atoms with E-state index in [1.807, 2.05) is 11.0 Å². The minimum absolute atomic E-state index is 0.144. The molecule has 0 aliphatic heterocycles. The lowest BCUT2D eigenvalue weighted by atomic mass is 9.87. The van der Waals surface area contributed by atoms with Crippen LogP contribution in [0.2, 0.25) is 0 Å². The Hall–Kier alpha value is -2.55. The van der Waals surface area contributed by atoms with E-state index in [9.17, 15) is 4.79 Å². The van der Waals surface area contributed by atoms with Crippen molar-refractivity contribution in [3.8, 4) is 0 Å². The minimum Gasteiger partial charge on any atom is -0.361 e.